The van der Waals surface area contributed by atoms with Crippen LogP contribution in [0.4, 0.5) is 5.69 Å². The van der Waals surface area contributed by atoms with Gasteiger partial charge in [-0.25, -0.2) is 4.79 Å². The van der Waals surface area contributed by atoms with E-state index in [9.17, 15) is 14.7 Å². The minimum absolute atomic E-state index is 0.235. The lowest BCUT2D eigenvalue weighted by Crippen LogP contribution is -2.42. The quantitative estimate of drug-likeness (QED) is 0.924. The van der Waals surface area contributed by atoms with Gasteiger partial charge in [0.05, 0.1) is 5.56 Å². The molecular weight excluding hydrogens is 274 g/mol. The molecular formula is C15H13NO3S. The van der Waals surface area contributed by atoms with Gasteiger partial charge in [0.2, 0.25) is 0 Å². The second-order valence-electron chi connectivity index (χ2n) is 4.83. The molecule has 3 rings (SSSR count). The van der Waals surface area contributed by atoms with E-state index in [0.29, 0.717) is 17.7 Å². The van der Waals surface area contributed by atoms with Crippen molar-refractivity contribution in [3.8, 4) is 0 Å². The number of carbonyl (C=O) groups is 2. The number of carboxylic acids is 1. The molecule has 20 heavy (non-hydrogen) atoms. The van der Waals surface area contributed by atoms with E-state index in [-0.39, 0.29) is 5.91 Å². The third-order valence-electron chi connectivity index (χ3n) is 3.57. The van der Waals surface area contributed by atoms with Gasteiger partial charge in [0, 0.05) is 17.5 Å². The first kappa shape index (κ1) is 12.9. The van der Waals surface area contributed by atoms with Gasteiger partial charge in [-0.3, -0.25) is 9.69 Å². The molecule has 0 aliphatic carbocycles. The number of rotatable bonds is 2. The summed E-state index contributed by atoms with van der Waals surface area (Å²) in [5.74, 6) is -1.21. The zero-order chi connectivity index (χ0) is 14.3. The Morgan fingerprint density at radius 1 is 1.30 bits per heavy atom. The molecule has 4 nitrogen and oxygen atoms in total. The number of thiophene rings is 1. The van der Waals surface area contributed by atoms with Crippen molar-refractivity contribution in [2.75, 3.05) is 4.90 Å². The van der Waals surface area contributed by atoms with Crippen molar-refractivity contribution in [2.24, 2.45) is 0 Å². The van der Waals surface area contributed by atoms with Crippen LogP contribution in [0.1, 0.15) is 21.5 Å². The predicted octanol–water partition coefficient (Wildman–Crippen LogP) is 2.71. The third-order valence-corrected chi connectivity index (χ3v) is 4.43. The number of nitrogens with zero attached hydrogens (tertiary/aromatic N) is 1. The van der Waals surface area contributed by atoms with E-state index >= 15 is 0 Å². The number of para-hydroxylation sites is 1. The number of aryl methyl sites for hydroxylation is 1. The van der Waals surface area contributed by atoms with E-state index in [4.69, 9.17) is 0 Å². The highest BCUT2D eigenvalue weighted by Crippen LogP contribution is 2.34. The van der Waals surface area contributed by atoms with Gasteiger partial charge in [-0.15, -0.1) is 0 Å². The number of benzene rings is 1. The normalized spacial score (nSPS) is 17.1. The largest absolute Gasteiger partial charge is 0.480 e. The van der Waals surface area contributed by atoms with Crippen LogP contribution in [0, 0.1) is 6.92 Å². The topological polar surface area (TPSA) is 57.6 Å². The Bertz CT molecular complexity index is 692. The summed E-state index contributed by atoms with van der Waals surface area (Å²) in [5, 5.41) is 13.0. The minimum Gasteiger partial charge on any atom is -0.480 e. The lowest BCUT2D eigenvalue weighted by molar-refractivity contribution is -0.138. The van der Waals surface area contributed by atoms with Crippen molar-refractivity contribution in [1.82, 2.24) is 0 Å². The minimum atomic E-state index is -0.970. The monoisotopic (exact) mass is 287 g/mol. The number of hydrogen-bond acceptors (Lipinski definition) is 3. The van der Waals surface area contributed by atoms with E-state index in [2.05, 4.69) is 0 Å². The molecule has 0 bridgehead atoms. The molecule has 0 saturated heterocycles. The molecule has 1 aliphatic heterocycles. The molecule has 1 N–H and O–H groups in total. The van der Waals surface area contributed by atoms with Crippen molar-refractivity contribution in [3.05, 3.63) is 51.7 Å². The average Bonchev–Trinajstić information content (AvgIpc) is 3.01. The number of carboxylic acid groups (broad SMARTS) is 1. The predicted molar refractivity (Wildman–Crippen MR) is 77.4 cm³/mol. The highest BCUT2D eigenvalue weighted by atomic mass is 32.1. The van der Waals surface area contributed by atoms with Gasteiger partial charge in [-0.05, 0) is 29.5 Å². The molecule has 1 aromatic heterocycles. The molecule has 1 unspecified atom stereocenters. The van der Waals surface area contributed by atoms with E-state index in [0.717, 1.165) is 11.1 Å². The van der Waals surface area contributed by atoms with Gasteiger partial charge in [0.1, 0.15) is 6.04 Å². The van der Waals surface area contributed by atoms with Crippen LogP contribution in [0.15, 0.2) is 35.0 Å². The van der Waals surface area contributed by atoms with Gasteiger partial charge in [-0.2, -0.15) is 11.3 Å². The Balaban J connectivity index is 2.07. The first-order valence-corrected chi connectivity index (χ1v) is 7.21. The molecule has 0 radical (unpaired) electrons. The number of anilines is 1. The summed E-state index contributed by atoms with van der Waals surface area (Å²) in [5.41, 5.74) is 3.07. The maximum Gasteiger partial charge on any atom is 0.327 e. The van der Waals surface area contributed by atoms with Crippen molar-refractivity contribution in [3.63, 3.8) is 0 Å². The molecule has 5 heteroatoms. The molecule has 0 saturated carbocycles. The number of fused-ring (bicyclic) bond motifs is 1. The number of amides is 1. The first-order chi connectivity index (χ1) is 9.59. The Morgan fingerprint density at radius 2 is 2.05 bits per heavy atom. The van der Waals surface area contributed by atoms with Crippen LogP contribution in [-0.4, -0.2) is 23.0 Å². The van der Waals surface area contributed by atoms with E-state index in [1.54, 1.807) is 11.4 Å². The molecule has 0 fully saturated rings. The maximum atomic E-state index is 12.7. The standard InChI is InChI=1S/C15H13NO3S/c1-9-7-20-8-11(9)14(17)16-12-5-3-2-4-10(12)6-13(16)15(18)19/h2-5,7-8,13H,6H2,1H3,(H,18,19). The van der Waals surface area contributed by atoms with Crippen LogP contribution >= 0.6 is 11.3 Å². The van der Waals surface area contributed by atoms with Gasteiger partial charge < -0.3 is 5.11 Å². The summed E-state index contributed by atoms with van der Waals surface area (Å²) in [6.45, 7) is 1.86. The zero-order valence-electron chi connectivity index (χ0n) is 10.9. The number of carbonyl (C=O) groups excluding carboxylic acids is 1. The van der Waals surface area contributed by atoms with Crippen LogP contribution in [0.3, 0.4) is 0 Å². The molecule has 102 valence electrons. The average molecular weight is 287 g/mol. The summed E-state index contributed by atoms with van der Waals surface area (Å²) < 4.78 is 0. The fourth-order valence-corrected chi connectivity index (χ4v) is 3.37. The van der Waals surface area contributed by atoms with E-state index in [1.165, 1.54) is 16.2 Å². The second-order valence-corrected chi connectivity index (χ2v) is 5.57. The third kappa shape index (κ3) is 1.91. The number of hydrogen-bond donors (Lipinski definition) is 1. The lowest BCUT2D eigenvalue weighted by Gasteiger charge is -2.22. The van der Waals surface area contributed by atoms with Crippen LogP contribution in [0.5, 0.6) is 0 Å². The summed E-state index contributed by atoms with van der Waals surface area (Å²) in [7, 11) is 0. The van der Waals surface area contributed by atoms with Crippen LogP contribution in [-0.2, 0) is 11.2 Å². The lowest BCUT2D eigenvalue weighted by atomic mass is 10.1. The first-order valence-electron chi connectivity index (χ1n) is 6.26. The molecule has 1 aliphatic rings. The fraction of sp³-hybridized carbons (Fsp3) is 0.200. The van der Waals surface area contributed by atoms with Crippen LogP contribution in [0.25, 0.3) is 0 Å². The van der Waals surface area contributed by atoms with Gasteiger partial charge in [-0.1, -0.05) is 18.2 Å². The van der Waals surface area contributed by atoms with Crippen molar-refractivity contribution in [1.29, 1.82) is 0 Å². The Hall–Kier alpha value is -2.14. The molecule has 1 atom stereocenters. The summed E-state index contributed by atoms with van der Waals surface area (Å²) in [6, 6.07) is 6.54. The summed E-state index contributed by atoms with van der Waals surface area (Å²) >= 11 is 1.45. The molecule has 2 aromatic rings. The van der Waals surface area contributed by atoms with Crippen molar-refractivity contribution in [2.45, 2.75) is 19.4 Å². The Kier molecular flexibility index (Phi) is 3.06. The zero-order valence-corrected chi connectivity index (χ0v) is 11.7. The van der Waals surface area contributed by atoms with E-state index < -0.39 is 12.0 Å². The maximum absolute atomic E-state index is 12.7. The second kappa shape index (κ2) is 4.76. The Labute approximate surface area is 120 Å². The molecule has 0 spiro atoms. The summed E-state index contributed by atoms with van der Waals surface area (Å²) in [6.07, 6.45) is 0.362. The molecule has 1 amide bonds. The van der Waals surface area contributed by atoms with Crippen LogP contribution < -0.4 is 4.90 Å². The summed E-state index contributed by atoms with van der Waals surface area (Å²) in [4.78, 5) is 25.5. The van der Waals surface area contributed by atoms with Crippen molar-refractivity contribution >= 4 is 28.9 Å². The molecule has 1 aromatic carbocycles. The number of aliphatic carboxylic acids is 1. The van der Waals surface area contributed by atoms with Gasteiger partial charge >= 0.3 is 5.97 Å². The van der Waals surface area contributed by atoms with Crippen molar-refractivity contribution < 1.29 is 14.7 Å². The molecule has 2 heterocycles. The van der Waals surface area contributed by atoms with Crippen LogP contribution in [0.2, 0.25) is 0 Å². The Morgan fingerprint density at radius 3 is 2.70 bits per heavy atom. The highest BCUT2D eigenvalue weighted by Gasteiger charge is 2.38. The fourth-order valence-electron chi connectivity index (χ4n) is 2.54. The van der Waals surface area contributed by atoms with Gasteiger partial charge in [0.25, 0.3) is 5.91 Å². The smallest absolute Gasteiger partial charge is 0.327 e. The van der Waals surface area contributed by atoms with E-state index in [1.807, 2.05) is 30.5 Å². The highest BCUT2D eigenvalue weighted by molar-refractivity contribution is 7.08. The van der Waals surface area contributed by atoms with Gasteiger partial charge in [0.15, 0.2) is 0 Å². The SMILES string of the molecule is Cc1cscc1C(=O)N1c2ccccc2CC1C(=O)O.